The van der Waals surface area contributed by atoms with Crippen molar-refractivity contribution in [3.8, 4) is 0 Å². The van der Waals surface area contributed by atoms with Gasteiger partial charge in [0.25, 0.3) is 0 Å². The van der Waals surface area contributed by atoms with Crippen LogP contribution in [-0.4, -0.2) is 106 Å². The van der Waals surface area contributed by atoms with Gasteiger partial charge in [-0.3, -0.25) is 24.0 Å². The van der Waals surface area contributed by atoms with Gasteiger partial charge < -0.3 is 69.5 Å². The van der Waals surface area contributed by atoms with Crippen molar-refractivity contribution in [2.24, 2.45) is 45.6 Å². The largest absolute Gasteiger partial charge is 0.481 e. The van der Waals surface area contributed by atoms with E-state index in [0.717, 1.165) is 22.3 Å². The molecule has 0 aliphatic rings. The van der Waals surface area contributed by atoms with Crippen molar-refractivity contribution in [3.63, 3.8) is 0 Å². The van der Waals surface area contributed by atoms with E-state index >= 15 is 4.79 Å². The zero-order chi connectivity index (χ0) is 85.9. The summed E-state index contributed by atoms with van der Waals surface area (Å²) in [5.74, 6) is -15.3. The Morgan fingerprint density at radius 3 is 1.11 bits per heavy atom. The molecule has 0 aliphatic heterocycles. The van der Waals surface area contributed by atoms with Gasteiger partial charge in [-0.15, -0.1) is 0 Å². The third-order valence-corrected chi connectivity index (χ3v) is 24.4. The first-order valence-electron chi connectivity index (χ1n) is 39.7. The van der Waals surface area contributed by atoms with Crippen LogP contribution in [0, 0.1) is 11.8 Å². The molecule has 0 radical (unpaired) electrons. The molecule has 18 N–H and O–H groups in total. The number of hydrogen-bond acceptors (Lipinski definition) is 14. The standard InChI is InChI=1S/C53H58N8O7.C45H48O6.4CH4/c1-34(54)41(35-21-9-3-10-22-35)42(45(62)63)43(36-23-11-4-12-24-36)52(56,68)44(37-25-13-5-14-26-37)53(57,58)50(48(66)67,39-29-17-7-18-30-39)33-51(55,40-31-19-8-20-32-40)46(64)49(2,47(65)60-61-59)38-27-15-6-16-28-38;1-31(43(48)49)38(33-18-8-3-9-19-33)28-39(34-20-10-4-11-21-34)42(47)41(36-24-14-6-15-25-36)30-45(44(50)51,37-26-16-7-17-27-37)29-40(32(2)46)35-22-12-5-13-23-35;;;;/h3-32,34,41-44,46,64,68H,33,54-58H2,1-2H3,(H,62,63)(H,66,67);3-27,31-32,38-42,46-47H,28-30H2,1-2H3,(H,48,49)(H,50,51);4*1H4. The number of aliphatic hydroxyl groups is 4. The molecular weight excluding hydrogens is 1550 g/mol. The summed E-state index contributed by atoms with van der Waals surface area (Å²) in [7, 11) is 0. The van der Waals surface area contributed by atoms with Crippen LogP contribution in [0.15, 0.2) is 339 Å². The van der Waals surface area contributed by atoms with Gasteiger partial charge in [-0.05, 0) is 124 Å². The van der Waals surface area contributed by atoms with Gasteiger partial charge >= 0.3 is 23.9 Å². The summed E-state index contributed by atoms with van der Waals surface area (Å²) >= 11 is 0. The van der Waals surface area contributed by atoms with Crippen LogP contribution in [0.1, 0.15) is 186 Å². The number of carboxylic acid groups (broad SMARTS) is 4. The zero-order valence-corrected chi connectivity index (χ0v) is 66.9. The molecular formula is C102H122N8O13. The number of aliphatic carboxylic acids is 4. The Labute approximate surface area is 723 Å². The van der Waals surface area contributed by atoms with Gasteiger partial charge in [0.2, 0.25) is 5.91 Å². The maximum absolute atomic E-state index is 15.0. The average molecular weight is 1670 g/mol. The van der Waals surface area contributed by atoms with Gasteiger partial charge in [0, 0.05) is 40.5 Å². The number of rotatable bonds is 37. The van der Waals surface area contributed by atoms with Crippen molar-refractivity contribution in [2.45, 2.75) is 182 Å². The predicted molar refractivity (Wildman–Crippen MR) is 487 cm³/mol. The first-order valence-corrected chi connectivity index (χ1v) is 39.7. The molecule has 0 aliphatic carbocycles. The lowest BCUT2D eigenvalue weighted by Crippen LogP contribution is -2.78. The molecule has 11 aromatic rings. The van der Waals surface area contributed by atoms with Gasteiger partial charge in [0.1, 0.15) is 11.1 Å². The highest BCUT2D eigenvalue weighted by Crippen LogP contribution is 2.57. The number of azide groups is 1. The SMILES string of the molecule is C.C.C.C.CC(N)C(c1ccccc1)C(C(=O)O)C(c1ccccc1)C(N)(O)C(c1ccccc1)C(N)(N)C(CC(N)(c1ccccc1)C(O)C(C)(C(=O)N=[N+]=[N-])c1ccccc1)(C(=O)O)c1ccccc1.CC(O)C(CC(CC(c1ccccc1)C(O)C(CC(c1ccccc1)C(C)C(=O)O)c1ccccc1)(C(=O)O)c1ccccc1)c1ccccc1. The van der Waals surface area contributed by atoms with E-state index in [0.29, 0.717) is 17.5 Å². The van der Waals surface area contributed by atoms with Crippen molar-refractivity contribution < 1.29 is 64.8 Å². The maximum Gasteiger partial charge on any atom is 0.317 e. The molecule has 0 bridgehead atoms. The summed E-state index contributed by atoms with van der Waals surface area (Å²) in [6.45, 7) is 6.37. The molecule has 0 saturated heterocycles. The van der Waals surface area contributed by atoms with Gasteiger partial charge in [0.15, 0.2) is 0 Å². The molecule has 0 spiro atoms. The normalized spacial score (nSPS) is 16.9. The lowest BCUT2D eigenvalue weighted by atomic mass is 9.53. The van der Waals surface area contributed by atoms with Crippen LogP contribution in [-0.2, 0) is 45.8 Å². The summed E-state index contributed by atoms with van der Waals surface area (Å²) in [5.41, 5.74) is 37.2. The summed E-state index contributed by atoms with van der Waals surface area (Å²) in [5, 5.41) is 99.5. The minimum atomic E-state index is -2.90. The van der Waals surface area contributed by atoms with Crippen LogP contribution in [0.2, 0.25) is 0 Å². The molecule has 18 unspecified atom stereocenters. The van der Waals surface area contributed by atoms with E-state index in [1.54, 1.807) is 166 Å². The Balaban J connectivity index is 0.000000382. The third-order valence-electron chi connectivity index (χ3n) is 24.4. The molecule has 11 rings (SSSR count). The highest BCUT2D eigenvalue weighted by Gasteiger charge is 2.68. The Morgan fingerprint density at radius 1 is 0.415 bits per heavy atom. The van der Waals surface area contributed by atoms with E-state index in [-0.39, 0.29) is 70.4 Å². The van der Waals surface area contributed by atoms with Crippen LogP contribution in [0.3, 0.4) is 0 Å². The van der Waals surface area contributed by atoms with Crippen LogP contribution in [0.4, 0.5) is 0 Å². The predicted octanol–water partition coefficient (Wildman–Crippen LogP) is 17.4. The zero-order valence-electron chi connectivity index (χ0n) is 66.9. The van der Waals surface area contributed by atoms with E-state index < -0.39 is 147 Å². The van der Waals surface area contributed by atoms with Gasteiger partial charge in [-0.2, -0.15) is 0 Å². The maximum atomic E-state index is 15.0. The quantitative estimate of drug-likeness (QED) is 0.00744. The number of carboxylic acids is 4. The molecule has 0 fully saturated rings. The van der Waals surface area contributed by atoms with Crippen molar-refractivity contribution in [3.05, 3.63) is 405 Å². The molecule has 0 heterocycles. The molecule has 11 aromatic carbocycles. The van der Waals surface area contributed by atoms with Gasteiger partial charge in [0.05, 0.1) is 58.1 Å². The van der Waals surface area contributed by atoms with Crippen molar-refractivity contribution in [1.29, 1.82) is 0 Å². The summed E-state index contributed by atoms with van der Waals surface area (Å²) < 4.78 is 0. The molecule has 21 nitrogen and oxygen atoms in total. The van der Waals surface area contributed by atoms with Crippen LogP contribution in [0.25, 0.3) is 10.4 Å². The average Bonchev–Trinajstić information content (AvgIpc) is 0.697. The van der Waals surface area contributed by atoms with Crippen molar-refractivity contribution in [2.75, 3.05) is 0 Å². The van der Waals surface area contributed by atoms with E-state index in [2.05, 4.69) is 10.0 Å². The van der Waals surface area contributed by atoms with Crippen LogP contribution < -0.4 is 28.7 Å². The summed E-state index contributed by atoms with van der Waals surface area (Å²) in [6, 6.07) is 94.8. The van der Waals surface area contributed by atoms with Crippen LogP contribution in [0.5, 0.6) is 0 Å². The fraction of sp³-hybridized carbons (Fsp3) is 0.304. The second-order valence-electron chi connectivity index (χ2n) is 31.7. The third kappa shape index (κ3) is 21.5. The molecule has 648 valence electrons. The van der Waals surface area contributed by atoms with Crippen molar-refractivity contribution in [1.82, 2.24) is 0 Å². The highest BCUT2D eigenvalue weighted by molar-refractivity contribution is 5.90. The van der Waals surface area contributed by atoms with E-state index in [1.165, 1.54) is 43.3 Å². The van der Waals surface area contributed by atoms with Gasteiger partial charge in [-0.1, -0.05) is 370 Å². The molecule has 1 amide bonds. The first-order chi connectivity index (χ1) is 56.9. The second kappa shape index (κ2) is 44.1. The Bertz CT molecular complexity index is 5130. The smallest absolute Gasteiger partial charge is 0.317 e. The Kier molecular flexibility index (Phi) is 35.8. The number of nitrogens with two attached hydrogens (primary N) is 5. The fourth-order valence-electron chi connectivity index (χ4n) is 18.2. The monoisotopic (exact) mass is 1670 g/mol. The Hall–Kier alpha value is -12.1. The lowest BCUT2D eigenvalue weighted by molar-refractivity contribution is -0.157. The molecule has 21 heteroatoms. The molecule has 0 aromatic heterocycles. The topological polar surface area (TPSA) is 426 Å². The Morgan fingerprint density at radius 2 is 0.748 bits per heavy atom. The number of carbonyl (C=O) groups is 5. The first kappa shape index (κ1) is 99.7. The number of benzene rings is 11. The highest BCUT2D eigenvalue weighted by atomic mass is 16.4. The minimum absolute atomic E-state index is 0. The van der Waals surface area contributed by atoms with E-state index in [4.69, 9.17) is 28.7 Å². The van der Waals surface area contributed by atoms with Crippen molar-refractivity contribution >= 4 is 29.8 Å². The number of nitrogens with zero attached hydrogens (tertiary/aromatic N) is 3. The summed E-state index contributed by atoms with van der Waals surface area (Å²) in [4.78, 5) is 72.5. The second-order valence-corrected chi connectivity index (χ2v) is 31.7. The van der Waals surface area contributed by atoms with E-state index in [1.807, 2.05) is 152 Å². The number of carbonyl (C=O) groups excluding carboxylic acids is 1. The number of aliphatic hydroxyl groups excluding tert-OH is 3. The summed E-state index contributed by atoms with van der Waals surface area (Å²) in [6.07, 6.45) is -4.56. The molecule has 18 atom stereocenters. The molecule has 123 heavy (non-hydrogen) atoms. The lowest BCUT2D eigenvalue weighted by Gasteiger charge is -2.57. The van der Waals surface area contributed by atoms with Crippen LogP contribution >= 0.6 is 0 Å². The van der Waals surface area contributed by atoms with Gasteiger partial charge in [-0.25, -0.2) is 0 Å². The number of amides is 1. The minimum Gasteiger partial charge on any atom is -0.481 e. The number of hydrogen-bond donors (Lipinski definition) is 13. The molecule has 0 saturated carbocycles. The fourth-order valence-corrected chi connectivity index (χ4v) is 18.2. The van der Waals surface area contributed by atoms with E-state index in [9.17, 15) is 65.6 Å².